The second kappa shape index (κ2) is 6.82. The number of likely N-dealkylation sites (tertiary alicyclic amines) is 1. The molecule has 0 spiro atoms. The number of hydrogen-bond acceptors (Lipinski definition) is 5. The number of nitrogens with zero attached hydrogens (tertiary/aromatic N) is 3. The third kappa shape index (κ3) is 3.65. The third-order valence-electron chi connectivity index (χ3n) is 4.68. The Hall–Kier alpha value is -2.44. The van der Waals surface area contributed by atoms with Gasteiger partial charge in [0.25, 0.3) is 5.91 Å². The maximum atomic E-state index is 12.9. The lowest BCUT2D eigenvalue weighted by atomic mass is 10.0. The Kier molecular flexibility index (Phi) is 4.38. The van der Waals surface area contributed by atoms with Crippen molar-refractivity contribution < 1.29 is 18.4 Å². The molecule has 1 atom stereocenters. The molecule has 1 amide bonds. The van der Waals surface area contributed by atoms with Crippen molar-refractivity contribution >= 4 is 5.91 Å². The van der Waals surface area contributed by atoms with Crippen molar-refractivity contribution in [3.8, 4) is 5.75 Å². The predicted octanol–water partition coefficient (Wildman–Crippen LogP) is 3.22. The molecule has 2 aliphatic rings. The van der Waals surface area contributed by atoms with Gasteiger partial charge in [0, 0.05) is 12.5 Å². The van der Waals surface area contributed by atoms with Crippen molar-refractivity contribution in [2.45, 2.75) is 44.1 Å². The minimum Gasteiger partial charge on any atom is -0.484 e. The van der Waals surface area contributed by atoms with Gasteiger partial charge in [-0.2, -0.15) is 4.98 Å². The molecule has 1 aliphatic carbocycles. The SMILES string of the molecule is O=C(COc1ccc(F)cc1)N1CCCCC1c1nc(C2CC2)no1. The van der Waals surface area contributed by atoms with Crippen LogP contribution in [0, 0.1) is 5.82 Å². The van der Waals surface area contributed by atoms with Crippen LogP contribution in [0.4, 0.5) is 4.39 Å². The van der Waals surface area contributed by atoms with E-state index in [2.05, 4.69) is 10.1 Å². The molecule has 1 aromatic carbocycles. The molecule has 0 bridgehead atoms. The first-order chi connectivity index (χ1) is 12.2. The van der Waals surface area contributed by atoms with Gasteiger partial charge in [-0.1, -0.05) is 5.16 Å². The first-order valence-electron chi connectivity index (χ1n) is 8.72. The van der Waals surface area contributed by atoms with Crippen LogP contribution >= 0.6 is 0 Å². The van der Waals surface area contributed by atoms with Crippen LogP contribution in [0.15, 0.2) is 28.8 Å². The van der Waals surface area contributed by atoms with E-state index in [1.165, 1.54) is 24.3 Å². The van der Waals surface area contributed by atoms with Crippen LogP contribution in [0.2, 0.25) is 0 Å². The van der Waals surface area contributed by atoms with Gasteiger partial charge in [0.1, 0.15) is 17.6 Å². The van der Waals surface area contributed by atoms with Gasteiger partial charge in [-0.3, -0.25) is 4.79 Å². The number of aromatic nitrogens is 2. The largest absolute Gasteiger partial charge is 0.484 e. The van der Waals surface area contributed by atoms with E-state index in [0.717, 1.165) is 37.9 Å². The molecule has 1 saturated heterocycles. The van der Waals surface area contributed by atoms with Crippen LogP contribution in [-0.4, -0.2) is 34.1 Å². The zero-order chi connectivity index (χ0) is 17.2. The molecule has 1 aliphatic heterocycles. The normalized spacial score (nSPS) is 20.5. The minimum atomic E-state index is -0.336. The summed E-state index contributed by atoms with van der Waals surface area (Å²) in [5.74, 6) is 1.72. The van der Waals surface area contributed by atoms with Crippen LogP contribution in [0.3, 0.4) is 0 Å². The van der Waals surface area contributed by atoms with E-state index in [0.29, 0.717) is 24.1 Å². The molecule has 2 aromatic rings. The predicted molar refractivity (Wildman–Crippen MR) is 86.5 cm³/mol. The second-order valence-corrected chi connectivity index (χ2v) is 6.61. The smallest absolute Gasteiger partial charge is 0.261 e. The highest BCUT2D eigenvalue weighted by Gasteiger charge is 2.35. The molecule has 25 heavy (non-hydrogen) atoms. The van der Waals surface area contributed by atoms with Crippen LogP contribution in [0.1, 0.15) is 55.8 Å². The molecule has 1 saturated carbocycles. The number of rotatable bonds is 5. The zero-order valence-corrected chi connectivity index (χ0v) is 13.9. The molecule has 2 heterocycles. The van der Waals surface area contributed by atoms with Gasteiger partial charge >= 0.3 is 0 Å². The number of halogens is 1. The Labute approximate surface area is 145 Å². The number of carbonyl (C=O) groups is 1. The Bertz CT molecular complexity index is 742. The molecule has 0 radical (unpaired) electrons. The molecule has 2 fully saturated rings. The van der Waals surface area contributed by atoms with E-state index in [-0.39, 0.29) is 24.4 Å². The molecular weight excluding hydrogens is 325 g/mol. The number of hydrogen-bond donors (Lipinski definition) is 0. The van der Waals surface area contributed by atoms with Crippen LogP contribution < -0.4 is 4.74 Å². The molecule has 7 heteroatoms. The topological polar surface area (TPSA) is 68.5 Å². The van der Waals surface area contributed by atoms with E-state index in [1.54, 1.807) is 4.90 Å². The number of piperidine rings is 1. The lowest BCUT2D eigenvalue weighted by Crippen LogP contribution is -2.41. The first-order valence-corrected chi connectivity index (χ1v) is 8.72. The van der Waals surface area contributed by atoms with Gasteiger partial charge in [-0.25, -0.2) is 4.39 Å². The number of amides is 1. The molecule has 4 rings (SSSR count). The maximum Gasteiger partial charge on any atom is 0.261 e. The Balaban J connectivity index is 1.42. The lowest BCUT2D eigenvalue weighted by Gasteiger charge is -2.33. The lowest BCUT2D eigenvalue weighted by molar-refractivity contribution is -0.138. The minimum absolute atomic E-state index is 0.0915. The zero-order valence-electron chi connectivity index (χ0n) is 13.9. The first kappa shape index (κ1) is 16.1. The standard InChI is InChI=1S/C18H20FN3O3/c19-13-6-8-14(9-7-13)24-11-16(23)22-10-2-1-3-15(22)18-20-17(21-25-18)12-4-5-12/h6-9,12,15H,1-5,10-11H2. The summed E-state index contributed by atoms with van der Waals surface area (Å²) in [5.41, 5.74) is 0. The van der Waals surface area contributed by atoms with E-state index in [4.69, 9.17) is 9.26 Å². The summed E-state index contributed by atoms with van der Waals surface area (Å²) < 4.78 is 23.8. The highest BCUT2D eigenvalue weighted by molar-refractivity contribution is 5.78. The third-order valence-corrected chi connectivity index (χ3v) is 4.68. The van der Waals surface area contributed by atoms with E-state index >= 15 is 0 Å². The van der Waals surface area contributed by atoms with Crippen molar-refractivity contribution in [3.05, 3.63) is 41.8 Å². The molecule has 0 N–H and O–H groups in total. The van der Waals surface area contributed by atoms with Gasteiger partial charge in [0.15, 0.2) is 12.4 Å². The number of benzene rings is 1. The Morgan fingerprint density at radius 3 is 2.80 bits per heavy atom. The summed E-state index contributed by atoms with van der Waals surface area (Å²) >= 11 is 0. The maximum absolute atomic E-state index is 12.9. The fourth-order valence-electron chi connectivity index (χ4n) is 3.14. The van der Waals surface area contributed by atoms with E-state index < -0.39 is 0 Å². The van der Waals surface area contributed by atoms with E-state index in [9.17, 15) is 9.18 Å². The molecular formula is C18H20FN3O3. The van der Waals surface area contributed by atoms with Crippen molar-refractivity contribution in [1.82, 2.24) is 15.0 Å². The molecule has 1 aromatic heterocycles. The molecule has 132 valence electrons. The van der Waals surface area contributed by atoms with Gasteiger partial charge < -0.3 is 14.2 Å². The van der Waals surface area contributed by atoms with Crippen molar-refractivity contribution in [3.63, 3.8) is 0 Å². The van der Waals surface area contributed by atoms with Crippen molar-refractivity contribution in [2.24, 2.45) is 0 Å². The summed E-state index contributed by atoms with van der Waals surface area (Å²) in [5, 5.41) is 4.06. The second-order valence-electron chi connectivity index (χ2n) is 6.61. The van der Waals surface area contributed by atoms with Gasteiger partial charge in [-0.15, -0.1) is 0 Å². The fourth-order valence-corrected chi connectivity index (χ4v) is 3.14. The number of ether oxygens (including phenoxy) is 1. The van der Waals surface area contributed by atoms with Crippen LogP contribution in [0.25, 0.3) is 0 Å². The quantitative estimate of drug-likeness (QED) is 0.832. The summed E-state index contributed by atoms with van der Waals surface area (Å²) in [4.78, 5) is 18.9. The number of carbonyl (C=O) groups excluding carboxylic acids is 1. The van der Waals surface area contributed by atoms with Gasteiger partial charge in [0.2, 0.25) is 5.89 Å². The molecule has 1 unspecified atom stereocenters. The Morgan fingerprint density at radius 2 is 2.04 bits per heavy atom. The summed E-state index contributed by atoms with van der Waals surface area (Å²) in [7, 11) is 0. The van der Waals surface area contributed by atoms with Crippen LogP contribution in [0.5, 0.6) is 5.75 Å². The van der Waals surface area contributed by atoms with Crippen LogP contribution in [-0.2, 0) is 4.79 Å². The average Bonchev–Trinajstić information content (AvgIpc) is 3.38. The summed E-state index contributed by atoms with van der Waals surface area (Å²) in [6.07, 6.45) is 5.00. The van der Waals surface area contributed by atoms with Crippen molar-refractivity contribution in [2.75, 3.05) is 13.2 Å². The van der Waals surface area contributed by atoms with Crippen molar-refractivity contribution in [1.29, 1.82) is 0 Å². The monoisotopic (exact) mass is 345 g/mol. The molecule has 6 nitrogen and oxygen atoms in total. The summed E-state index contributed by atoms with van der Waals surface area (Å²) in [6.45, 7) is 0.559. The van der Waals surface area contributed by atoms with Gasteiger partial charge in [0.05, 0.1) is 0 Å². The highest BCUT2D eigenvalue weighted by atomic mass is 19.1. The van der Waals surface area contributed by atoms with Gasteiger partial charge in [-0.05, 0) is 56.4 Å². The fraction of sp³-hybridized carbons (Fsp3) is 0.500. The Morgan fingerprint density at radius 1 is 1.24 bits per heavy atom. The summed E-state index contributed by atoms with van der Waals surface area (Å²) in [6, 6.07) is 5.45. The van der Waals surface area contributed by atoms with E-state index in [1.807, 2.05) is 0 Å². The average molecular weight is 345 g/mol. The highest BCUT2D eigenvalue weighted by Crippen LogP contribution is 2.39.